The summed E-state index contributed by atoms with van der Waals surface area (Å²) in [6.07, 6.45) is -0.0364. The van der Waals surface area contributed by atoms with E-state index in [4.69, 9.17) is 9.84 Å². The second kappa shape index (κ2) is 5.50. The largest absolute Gasteiger partial charge is 0.504 e. The van der Waals surface area contributed by atoms with E-state index in [0.29, 0.717) is 10.6 Å². The fourth-order valence-electron chi connectivity index (χ4n) is 1.82. The van der Waals surface area contributed by atoms with Crippen molar-refractivity contribution in [2.45, 2.75) is 13.3 Å². The lowest BCUT2D eigenvalue weighted by Crippen LogP contribution is -2.13. The Kier molecular flexibility index (Phi) is 3.94. The minimum absolute atomic E-state index is 0.00991. The standard InChI is InChI=1S/C14H14O5S/c1-7(14(17)18)3-10(16)13-5-8-4-9(15)11(19-2)6-12(8)20-13/h4-7,15H,3H2,1-2H3,(H,17,18)/t7-/m0/s1. The van der Waals surface area contributed by atoms with Gasteiger partial charge in [-0.15, -0.1) is 11.3 Å². The van der Waals surface area contributed by atoms with Gasteiger partial charge in [0, 0.05) is 17.2 Å². The molecule has 0 bridgehead atoms. The van der Waals surface area contributed by atoms with Crippen LogP contribution in [0.4, 0.5) is 0 Å². The van der Waals surface area contributed by atoms with Gasteiger partial charge in [-0.05, 0) is 17.5 Å². The molecule has 1 aromatic carbocycles. The second-order valence-corrected chi connectivity index (χ2v) is 5.62. The van der Waals surface area contributed by atoms with Crippen LogP contribution in [0.3, 0.4) is 0 Å². The number of aromatic hydroxyl groups is 1. The average Bonchev–Trinajstić information content (AvgIpc) is 2.80. The quantitative estimate of drug-likeness (QED) is 0.828. The molecule has 0 spiro atoms. The third-order valence-electron chi connectivity index (χ3n) is 3.01. The van der Waals surface area contributed by atoms with E-state index >= 15 is 0 Å². The molecular weight excluding hydrogens is 280 g/mol. The van der Waals surface area contributed by atoms with Gasteiger partial charge in [0.15, 0.2) is 17.3 Å². The first-order valence-corrected chi connectivity index (χ1v) is 6.80. The normalized spacial score (nSPS) is 12.3. The van der Waals surface area contributed by atoms with Gasteiger partial charge in [-0.2, -0.15) is 0 Å². The molecule has 2 rings (SSSR count). The van der Waals surface area contributed by atoms with Crippen LogP contribution >= 0.6 is 11.3 Å². The molecule has 0 aliphatic rings. The van der Waals surface area contributed by atoms with E-state index in [1.54, 1.807) is 12.1 Å². The van der Waals surface area contributed by atoms with Crippen LogP contribution in [0.5, 0.6) is 11.5 Å². The minimum Gasteiger partial charge on any atom is -0.504 e. The van der Waals surface area contributed by atoms with Crippen LogP contribution in [-0.4, -0.2) is 29.1 Å². The molecule has 5 nitrogen and oxygen atoms in total. The number of carbonyl (C=O) groups excluding carboxylic acids is 1. The monoisotopic (exact) mass is 294 g/mol. The molecule has 0 aliphatic heterocycles. The summed E-state index contributed by atoms with van der Waals surface area (Å²) in [5, 5.41) is 19.3. The first-order chi connectivity index (χ1) is 9.42. The fourth-order valence-corrected chi connectivity index (χ4v) is 2.84. The highest BCUT2D eigenvalue weighted by molar-refractivity contribution is 7.20. The molecule has 1 atom stereocenters. The van der Waals surface area contributed by atoms with E-state index in [9.17, 15) is 14.7 Å². The zero-order valence-electron chi connectivity index (χ0n) is 11.0. The van der Waals surface area contributed by atoms with Crippen molar-refractivity contribution in [3.05, 3.63) is 23.1 Å². The summed E-state index contributed by atoms with van der Waals surface area (Å²) in [5.41, 5.74) is 0. The zero-order valence-corrected chi connectivity index (χ0v) is 11.9. The number of ketones is 1. The van der Waals surface area contributed by atoms with Crippen LogP contribution in [0.25, 0.3) is 10.1 Å². The number of carbonyl (C=O) groups is 2. The lowest BCUT2D eigenvalue weighted by molar-refractivity contribution is -0.141. The number of methoxy groups -OCH3 is 1. The summed E-state index contributed by atoms with van der Waals surface area (Å²) in [7, 11) is 1.45. The maximum atomic E-state index is 12.0. The van der Waals surface area contributed by atoms with Crippen LogP contribution in [0.1, 0.15) is 23.0 Å². The van der Waals surface area contributed by atoms with Crippen molar-refractivity contribution >= 4 is 33.2 Å². The zero-order chi connectivity index (χ0) is 14.9. The molecule has 6 heteroatoms. The van der Waals surface area contributed by atoms with E-state index < -0.39 is 11.9 Å². The van der Waals surface area contributed by atoms with Gasteiger partial charge in [0.1, 0.15) is 0 Å². The summed E-state index contributed by atoms with van der Waals surface area (Å²) >= 11 is 1.26. The highest BCUT2D eigenvalue weighted by Crippen LogP contribution is 2.36. The van der Waals surface area contributed by atoms with Gasteiger partial charge >= 0.3 is 5.97 Å². The number of phenols is 1. The molecule has 2 N–H and O–H groups in total. The number of hydrogen-bond acceptors (Lipinski definition) is 5. The van der Waals surface area contributed by atoms with Crippen LogP contribution in [-0.2, 0) is 4.79 Å². The molecule has 0 radical (unpaired) electrons. The molecule has 0 fully saturated rings. The molecule has 1 aromatic heterocycles. The van der Waals surface area contributed by atoms with Crippen LogP contribution in [0.2, 0.25) is 0 Å². The Labute approximate surface area is 119 Å². The lowest BCUT2D eigenvalue weighted by Gasteiger charge is -2.02. The Morgan fingerprint density at radius 3 is 2.65 bits per heavy atom. The van der Waals surface area contributed by atoms with Crippen LogP contribution < -0.4 is 4.74 Å². The molecule has 106 valence electrons. The third-order valence-corrected chi connectivity index (χ3v) is 4.14. The van der Waals surface area contributed by atoms with Crippen molar-refractivity contribution in [3.63, 3.8) is 0 Å². The predicted octanol–water partition coefficient (Wildman–Crippen LogP) is 2.91. The summed E-state index contributed by atoms with van der Waals surface area (Å²) < 4.78 is 5.82. The van der Waals surface area contributed by atoms with E-state index in [0.717, 1.165) is 10.1 Å². The number of ether oxygens (including phenoxy) is 1. The highest BCUT2D eigenvalue weighted by Gasteiger charge is 2.19. The smallest absolute Gasteiger partial charge is 0.306 e. The van der Waals surface area contributed by atoms with Gasteiger partial charge in [0.2, 0.25) is 0 Å². The Morgan fingerprint density at radius 1 is 1.35 bits per heavy atom. The summed E-state index contributed by atoms with van der Waals surface area (Å²) in [4.78, 5) is 23.3. The van der Waals surface area contributed by atoms with Gasteiger partial charge < -0.3 is 14.9 Å². The van der Waals surface area contributed by atoms with Gasteiger partial charge in [0.05, 0.1) is 17.9 Å². The first kappa shape index (κ1) is 14.3. The van der Waals surface area contributed by atoms with E-state index in [1.165, 1.54) is 31.4 Å². The summed E-state index contributed by atoms with van der Waals surface area (Å²) in [5.74, 6) is -1.55. The molecule has 0 unspecified atom stereocenters. The van der Waals surface area contributed by atoms with Crippen molar-refractivity contribution in [1.82, 2.24) is 0 Å². The third kappa shape index (κ3) is 2.75. The van der Waals surface area contributed by atoms with Gasteiger partial charge in [-0.3, -0.25) is 9.59 Å². The van der Waals surface area contributed by atoms with Gasteiger partial charge in [-0.25, -0.2) is 0 Å². The SMILES string of the molecule is COc1cc2sc(C(=O)C[C@H](C)C(=O)O)cc2cc1O. The number of fused-ring (bicyclic) bond motifs is 1. The van der Waals surface area contributed by atoms with Gasteiger partial charge in [0.25, 0.3) is 0 Å². The molecule has 2 aromatic rings. The van der Waals surface area contributed by atoms with Crippen LogP contribution in [0.15, 0.2) is 18.2 Å². The van der Waals surface area contributed by atoms with Crippen LogP contribution in [0, 0.1) is 5.92 Å². The van der Waals surface area contributed by atoms with E-state index in [1.807, 2.05) is 0 Å². The van der Waals surface area contributed by atoms with Crippen molar-refractivity contribution < 1.29 is 24.5 Å². The summed E-state index contributed by atoms with van der Waals surface area (Å²) in [6.45, 7) is 1.50. The van der Waals surface area contributed by atoms with Crippen molar-refractivity contribution in [1.29, 1.82) is 0 Å². The molecule has 0 saturated heterocycles. The maximum Gasteiger partial charge on any atom is 0.306 e. The number of aliphatic carboxylic acids is 1. The van der Waals surface area contributed by atoms with E-state index in [-0.39, 0.29) is 18.0 Å². The van der Waals surface area contributed by atoms with Gasteiger partial charge in [-0.1, -0.05) is 6.92 Å². The lowest BCUT2D eigenvalue weighted by atomic mass is 10.0. The van der Waals surface area contributed by atoms with Crippen molar-refractivity contribution in [2.75, 3.05) is 7.11 Å². The molecular formula is C14H14O5S. The van der Waals surface area contributed by atoms with Crippen molar-refractivity contribution in [3.8, 4) is 11.5 Å². The number of thiophene rings is 1. The molecule has 20 heavy (non-hydrogen) atoms. The molecule has 0 aliphatic carbocycles. The number of carboxylic acids is 1. The number of hydrogen-bond donors (Lipinski definition) is 2. The Balaban J connectivity index is 2.32. The Bertz CT molecular complexity index is 673. The average molecular weight is 294 g/mol. The minimum atomic E-state index is -0.987. The van der Waals surface area contributed by atoms with E-state index in [2.05, 4.69) is 0 Å². The number of carboxylic acid groups (broad SMARTS) is 1. The second-order valence-electron chi connectivity index (χ2n) is 4.54. The maximum absolute atomic E-state index is 12.0. The Hall–Kier alpha value is -2.08. The number of rotatable bonds is 5. The molecule has 0 amide bonds. The van der Waals surface area contributed by atoms with Crippen molar-refractivity contribution in [2.24, 2.45) is 5.92 Å². The number of benzene rings is 1. The molecule has 1 heterocycles. The number of Topliss-reactive ketones (excluding diaryl/α,β-unsaturated/α-hetero) is 1. The first-order valence-electron chi connectivity index (χ1n) is 5.99. The fraction of sp³-hybridized carbons (Fsp3) is 0.286. The Morgan fingerprint density at radius 2 is 2.05 bits per heavy atom. The molecule has 0 saturated carbocycles. The topological polar surface area (TPSA) is 83.8 Å². The number of phenolic OH excluding ortho intramolecular Hbond substituents is 1. The summed E-state index contributed by atoms with van der Waals surface area (Å²) in [6, 6.07) is 4.85. The highest BCUT2D eigenvalue weighted by atomic mass is 32.1. The predicted molar refractivity (Wildman–Crippen MR) is 75.8 cm³/mol.